The number of unbranched alkanes of at least 4 members (excludes halogenated alkanes) is 3. The molecule has 32 heavy (non-hydrogen) atoms. The van der Waals surface area contributed by atoms with Gasteiger partial charge in [0.1, 0.15) is 0 Å². The van der Waals surface area contributed by atoms with E-state index in [1.54, 1.807) is 13.3 Å². The second-order valence-electron chi connectivity index (χ2n) is 10.5. The van der Waals surface area contributed by atoms with E-state index in [1.807, 2.05) is 12.1 Å². The van der Waals surface area contributed by atoms with Gasteiger partial charge >= 0.3 is 209 Å². The first-order valence-corrected chi connectivity index (χ1v) is 24.2. The first kappa shape index (κ1) is 25.7. The van der Waals surface area contributed by atoms with Crippen molar-refractivity contribution in [3.05, 3.63) is 34.9 Å². The first-order chi connectivity index (χ1) is 15.6. The molecule has 1 spiro atoms. The molecule has 5 atom stereocenters. The van der Waals surface area contributed by atoms with Crippen LogP contribution < -0.4 is 0 Å². The molecular weight excluding hydrogens is 543 g/mol. The summed E-state index contributed by atoms with van der Waals surface area (Å²) >= 11 is 3.93. The van der Waals surface area contributed by atoms with Crippen LogP contribution in [0.3, 0.4) is 0 Å². The van der Waals surface area contributed by atoms with Gasteiger partial charge in [-0.2, -0.15) is 0 Å². The summed E-state index contributed by atoms with van der Waals surface area (Å²) in [6.45, 7) is 7.08. The van der Waals surface area contributed by atoms with Crippen molar-refractivity contribution in [1.29, 1.82) is 0 Å². The van der Waals surface area contributed by atoms with E-state index in [4.69, 9.17) is 21.1 Å². The fourth-order valence-electron chi connectivity index (χ4n) is 6.55. The number of hydrogen-bond acceptors (Lipinski definition) is 3. The Bertz CT molecular complexity index is 707. The molecule has 2 bridgehead atoms. The maximum absolute atomic E-state index is 6.85. The Morgan fingerprint density at radius 3 is 2.22 bits per heavy atom. The second kappa shape index (κ2) is 11.5. The molecule has 1 saturated heterocycles. The zero-order chi connectivity index (χ0) is 22.6. The van der Waals surface area contributed by atoms with Gasteiger partial charge in [-0.05, 0) is 0 Å². The quantitative estimate of drug-likeness (QED) is 0.124. The summed E-state index contributed by atoms with van der Waals surface area (Å²) in [5, 5.41) is 0.802. The third-order valence-electron chi connectivity index (χ3n) is 8.40. The Kier molecular flexibility index (Phi) is 9.26. The van der Waals surface area contributed by atoms with Gasteiger partial charge in [0, 0.05) is 0 Å². The van der Waals surface area contributed by atoms with Crippen molar-refractivity contribution in [3.8, 4) is 0 Å². The Balaban J connectivity index is 1.42. The standard InChI is InChI=1S/C15H17ClO2S.3C4H9.Sn/c16-12-5-2-9(3-6-12)14-15(18-14)11-4-1-10(7-11)13(15)17-8-19;3*1-3-4-2;/h2-3,5-6,10-11,13-14,19H,1,4,7-8H2;3*1,3-4H2,2H3;/q;;;;+1/p-1/t10-,11+,13-,14+,15+;;;;/m0..../s1. The number of benzene rings is 1. The minimum absolute atomic E-state index is 0.0499. The molecule has 2 nitrogen and oxygen atoms in total. The van der Waals surface area contributed by atoms with Crippen LogP contribution in [-0.4, -0.2) is 34.6 Å². The molecule has 3 aliphatic rings. The molecule has 1 aromatic carbocycles. The monoisotopic (exact) mass is 586 g/mol. The van der Waals surface area contributed by atoms with E-state index in [-0.39, 0.29) is 11.7 Å². The van der Waals surface area contributed by atoms with Gasteiger partial charge in [-0.3, -0.25) is 0 Å². The Hall–Kier alpha value is 0.579. The van der Waals surface area contributed by atoms with Crippen LogP contribution in [0.4, 0.5) is 0 Å². The summed E-state index contributed by atoms with van der Waals surface area (Å²) in [7, 11) is 2.35. The third kappa shape index (κ3) is 5.37. The topological polar surface area (TPSA) is 21.8 Å². The molecular formula is C27H43ClO2SSn. The van der Waals surface area contributed by atoms with Crippen LogP contribution in [0.1, 0.15) is 90.2 Å². The molecule has 0 N–H and O–H groups in total. The van der Waals surface area contributed by atoms with E-state index < -0.39 is 17.0 Å². The molecule has 1 heterocycles. The van der Waals surface area contributed by atoms with Crippen LogP contribution in [-0.2, 0) is 9.47 Å². The van der Waals surface area contributed by atoms with Gasteiger partial charge in [0.15, 0.2) is 0 Å². The van der Waals surface area contributed by atoms with Gasteiger partial charge in [0.05, 0.1) is 0 Å². The molecule has 180 valence electrons. The fraction of sp³-hybridized carbons (Fsp3) is 0.778. The number of rotatable bonds is 14. The molecule has 0 aromatic heterocycles. The third-order valence-corrected chi connectivity index (χ3v) is 30.7. The molecule has 3 fully saturated rings. The van der Waals surface area contributed by atoms with Crippen LogP contribution in [0.15, 0.2) is 24.3 Å². The number of hydrogen-bond donors (Lipinski definition) is 0. The van der Waals surface area contributed by atoms with Crippen molar-refractivity contribution in [2.75, 3.05) is 5.94 Å². The van der Waals surface area contributed by atoms with Crippen molar-refractivity contribution >= 4 is 37.5 Å². The van der Waals surface area contributed by atoms with Gasteiger partial charge in [-0.25, -0.2) is 0 Å². The number of epoxide rings is 1. The molecule has 1 aromatic rings. The van der Waals surface area contributed by atoms with E-state index in [2.05, 4.69) is 41.8 Å². The molecule has 4 rings (SSSR count). The van der Waals surface area contributed by atoms with Gasteiger partial charge < -0.3 is 0 Å². The average Bonchev–Trinajstić information content (AvgIpc) is 3.21. The minimum atomic E-state index is -2.21. The van der Waals surface area contributed by atoms with E-state index >= 15 is 0 Å². The predicted molar refractivity (Wildman–Crippen MR) is 141 cm³/mol. The number of fused-ring (bicyclic) bond motifs is 3. The Morgan fingerprint density at radius 1 is 1.00 bits per heavy atom. The van der Waals surface area contributed by atoms with Crippen molar-refractivity contribution in [1.82, 2.24) is 0 Å². The molecule has 1 aliphatic heterocycles. The number of halogens is 1. The van der Waals surface area contributed by atoms with Crippen LogP contribution >= 0.6 is 20.5 Å². The molecule has 0 amide bonds. The van der Waals surface area contributed by atoms with Crippen molar-refractivity contribution < 1.29 is 9.47 Å². The summed E-state index contributed by atoms with van der Waals surface area (Å²) in [6.07, 6.45) is 12.7. The normalized spacial score (nSPS) is 31.0. The summed E-state index contributed by atoms with van der Waals surface area (Å²) in [5.41, 5.74) is 1.23. The summed E-state index contributed by atoms with van der Waals surface area (Å²) in [5.74, 6) is 2.29. The maximum atomic E-state index is 6.85. The van der Waals surface area contributed by atoms with E-state index in [9.17, 15) is 0 Å². The molecule has 5 heteroatoms. The van der Waals surface area contributed by atoms with Crippen molar-refractivity contribution in [2.45, 2.75) is 110 Å². The van der Waals surface area contributed by atoms with Gasteiger partial charge in [0.25, 0.3) is 0 Å². The summed E-state index contributed by atoms with van der Waals surface area (Å²) in [4.78, 5) is 0. The summed E-state index contributed by atoms with van der Waals surface area (Å²) < 4.78 is 18.0. The zero-order valence-electron chi connectivity index (χ0n) is 20.4. The molecule has 0 unspecified atom stereocenters. The molecule has 0 radical (unpaired) electrons. The molecule has 2 aliphatic carbocycles. The van der Waals surface area contributed by atoms with Gasteiger partial charge in [-0.15, -0.1) is 0 Å². The van der Waals surface area contributed by atoms with Crippen LogP contribution in [0.2, 0.25) is 18.3 Å². The van der Waals surface area contributed by atoms with E-state index in [0.29, 0.717) is 17.9 Å². The average molecular weight is 586 g/mol. The predicted octanol–water partition coefficient (Wildman–Crippen LogP) is 9.00. The van der Waals surface area contributed by atoms with Crippen LogP contribution in [0.25, 0.3) is 0 Å². The van der Waals surface area contributed by atoms with E-state index in [1.165, 1.54) is 63.4 Å². The van der Waals surface area contributed by atoms with Crippen LogP contribution in [0, 0.1) is 11.8 Å². The molecule has 2 saturated carbocycles. The van der Waals surface area contributed by atoms with E-state index in [0.717, 1.165) is 11.0 Å². The summed E-state index contributed by atoms with van der Waals surface area (Å²) in [6, 6.07) is 8.31. The Morgan fingerprint density at radius 2 is 1.62 bits per heavy atom. The fourth-order valence-corrected chi connectivity index (χ4v) is 27.6. The zero-order valence-corrected chi connectivity index (χ0v) is 24.8. The SMILES string of the molecule is CCC[CH2][Sn]([CH2]CCC)([CH2]CCC)[S]CO[C@H]1[C@H]2CC[C@H](C2)[C@@]12O[C@@H]2c1ccc(Cl)cc1. The Labute approximate surface area is 208 Å². The van der Waals surface area contributed by atoms with Crippen molar-refractivity contribution in [2.24, 2.45) is 11.8 Å². The van der Waals surface area contributed by atoms with Crippen LogP contribution in [0.5, 0.6) is 0 Å². The first-order valence-electron chi connectivity index (χ1n) is 13.3. The van der Waals surface area contributed by atoms with Gasteiger partial charge in [-0.1, -0.05) is 0 Å². The number of ether oxygens (including phenoxy) is 2. The van der Waals surface area contributed by atoms with Crippen molar-refractivity contribution in [3.63, 3.8) is 0 Å². The van der Waals surface area contributed by atoms with Gasteiger partial charge in [0.2, 0.25) is 0 Å². The second-order valence-corrected chi connectivity index (χ2v) is 30.8.